The fourth-order valence-corrected chi connectivity index (χ4v) is 2.06. The smallest absolute Gasteiger partial charge is 0.311 e. The van der Waals surface area contributed by atoms with E-state index < -0.39 is 11.4 Å². The Balaban J connectivity index is 2.67. The number of aromatic nitrogens is 2. The van der Waals surface area contributed by atoms with Gasteiger partial charge in [0.25, 0.3) is 5.91 Å². The molecule has 0 unspecified atom stereocenters. The SMILES string of the molecule is CCCn1cc(C(=O)NCC(CC)(CC)C(=O)O)cn1. The van der Waals surface area contributed by atoms with Gasteiger partial charge in [-0.1, -0.05) is 20.8 Å². The molecule has 1 amide bonds. The van der Waals surface area contributed by atoms with Crippen molar-refractivity contribution in [3.63, 3.8) is 0 Å². The van der Waals surface area contributed by atoms with Crippen molar-refractivity contribution < 1.29 is 14.7 Å². The van der Waals surface area contributed by atoms with Gasteiger partial charge in [0.15, 0.2) is 0 Å². The summed E-state index contributed by atoms with van der Waals surface area (Å²) in [5.74, 6) is -1.15. The number of nitrogens with zero attached hydrogens (tertiary/aromatic N) is 2. The summed E-state index contributed by atoms with van der Waals surface area (Å²) in [4.78, 5) is 23.4. The average molecular weight is 281 g/mol. The molecular formula is C14H23N3O3. The van der Waals surface area contributed by atoms with Gasteiger partial charge in [0, 0.05) is 19.3 Å². The molecule has 0 aliphatic heterocycles. The average Bonchev–Trinajstić information content (AvgIpc) is 2.89. The van der Waals surface area contributed by atoms with Crippen LogP contribution in [-0.4, -0.2) is 33.3 Å². The maximum absolute atomic E-state index is 12.0. The van der Waals surface area contributed by atoms with Gasteiger partial charge in [-0.2, -0.15) is 5.10 Å². The molecule has 0 aliphatic carbocycles. The van der Waals surface area contributed by atoms with E-state index in [9.17, 15) is 14.7 Å². The van der Waals surface area contributed by atoms with E-state index in [4.69, 9.17) is 0 Å². The lowest BCUT2D eigenvalue weighted by Gasteiger charge is -2.26. The van der Waals surface area contributed by atoms with Crippen LogP contribution in [0.5, 0.6) is 0 Å². The molecule has 6 nitrogen and oxygen atoms in total. The van der Waals surface area contributed by atoms with Gasteiger partial charge in [-0.25, -0.2) is 0 Å². The zero-order valence-corrected chi connectivity index (χ0v) is 12.3. The van der Waals surface area contributed by atoms with E-state index in [1.54, 1.807) is 10.9 Å². The predicted molar refractivity (Wildman–Crippen MR) is 75.5 cm³/mol. The maximum Gasteiger partial charge on any atom is 0.311 e. The van der Waals surface area contributed by atoms with Crippen LogP contribution in [0.25, 0.3) is 0 Å². The van der Waals surface area contributed by atoms with Crippen LogP contribution in [0, 0.1) is 5.41 Å². The number of carboxylic acid groups (broad SMARTS) is 1. The van der Waals surface area contributed by atoms with Gasteiger partial charge in [-0.05, 0) is 19.3 Å². The lowest BCUT2D eigenvalue weighted by molar-refractivity contribution is -0.149. The number of carbonyl (C=O) groups excluding carboxylic acids is 1. The monoisotopic (exact) mass is 281 g/mol. The van der Waals surface area contributed by atoms with Crippen molar-refractivity contribution in [2.75, 3.05) is 6.54 Å². The van der Waals surface area contributed by atoms with E-state index in [1.165, 1.54) is 6.20 Å². The Morgan fingerprint density at radius 2 is 2.00 bits per heavy atom. The molecule has 20 heavy (non-hydrogen) atoms. The third-order valence-corrected chi connectivity index (χ3v) is 3.74. The van der Waals surface area contributed by atoms with Crippen molar-refractivity contribution in [2.24, 2.45) is 5.41 Å². The Morgan fingerprint density at radius 3 is 2.50 bits per heavy atom. The molecule has 1 heterocycles. The number of rotatable bonds is 8. The summed E-state index contributed by atoms with van der Waals surface area (Å²) in [6.07, 6.45) is 5.09. The lowest BCUT2D eigenvalue weighted by atomic mass is 9.82. The van der Waals surface area contributed by atoms with E-state index in [1.807, 2.05) is 20.8 Å². The second-order valence-electron chi connectivity index (χ2n) is 4.97. The Hall–Kier alpha value is -1.85. The maximum atomic E-state index is 12.0. The van der Waals surface area contributed by atoms with E-state index in [-0.39, 0.29) is 12.5 Å². The molecule has 0 atom stereocenters. The molecule has 6 heteroatoms. The quantitative estimate of drug-likeness (QED) is 0.762. The van der Waals surface area contributed by atoms with Gasteiger partial charge >= 0.3 is 5.97 Å². The van der Waals surface area contributed by atoms with E-state index in [2.05, 4.69) is 10.4 Å². The lowest BCUT2D eigenvalue weighted by Crippen LogP contribution is -2.42. The molecule has 0 radical (unpaired) electrons. The highest BCUT2D eigenvalue weighted by atomic mass is 16.4. The molecule has 0 bridgehead atoms. The first-order chi connectivity index (χ1) is 9.49. The molecular weight excluding hydrogens is 258 g/mol. The largest absolute Gasteiger partial charge is 0.481 e. The Morgan fingerprint density at radius 1 is 1.35 bits per heavy atom. The van der Waals surface area contributed by atoms with Gasteiger partial charge in [-0.3, -0.25) is 14.3 Å². The van der Waals surface area contributed by atoms with Crippen molar-refractivity contribution in [1.82, 2.24) is 15.1 Å². The normalized spacial score (nSPS) is 11.3. The van der Waals surface area contributed by atoms with Crippen molar-refractivity contribution in [1.29, 1.82) is 0 Å². The van der Waals surface area contributed by atoms with Gasteiger partial charge in [0.05, 0.1) is 17.2 Å². The zero-order chi connectivity index (χ0) is 15.2. The summed E-state index contributed by atoms with van der Waals surface area (Å²) in [6.45, 7) is 6.57. The third kappa shape index (κ3) is 3.59. The fraction of sp³-hybridized carbons (Fsp3) is 0.643. The van der Waals surface area contributed by atoms with Crippen molar-refractivity contribution in [2.45, 2.75) is 46.6 Å². The van der Waals surface area contributed by atoms with E-state index >= 15 is 0 Å². The number of carboxylic acids is 1. The molecule has 0 spiro atoms. The molecule has 1 aromatic rings. The zero-order valence-electron chi connectivity index (χ0n) is 12.3. The molecule has 0 aromatic carbocycles. The van der Waals surface area contributed by atoms with E-state index in [0.717, 1.165) is 13.0 Å². The van der Waals surface area contributed by atoms with Crippen LogP contribution < -0.4 is 5.32 Å². The van der Waals surface area contributed by atoms with Crippen molar-refractivity contribution >= 4 is 11.9 Å². The summed E-state index contributed by atoms with van der Waals surface area (Å²) < 4.78 is 1.71. The Kier molecular flexibility index (Phi) is 5.73. The molecule has 0 fully saturated rings. The van der Waals surface area contributed by atoms with Crippen LogP contribution in [0.4, 0.5) is 0 Å². The van der Waals surface area contributed by atoms with Crippen LogP contribution in [-0.2, 0) is 11.3 Å². The Labute approximate surface area is 119 Å². The second kappa shape index (κ2) is 7.07. The summed E-state index contributed by atoms with van der Waals surface area (Å²) in [7, 11) is 0. The molecule has 1 aromatic heterocycles. The topological polar surface area (TPSA) is 84.2 Å². The van der Waals surface area contributed by atoms with Crippen molar-refractivity contribution in [3.8, 4) is 0 Å². The third-order valence-electron chi connectivity index (χ3n) is 3.74. The van der Waals surface area contributed by atoms with Gasteiger partial charge in [0.2, 0.25) is 0 Å². The molecule has 0 saturated heterocycles. The number of carbonyl (C=O) groups is 2. The first kappa shape index (κ1) is 16.2. The highest BCUT2D eigenvalue weighted by Crippen LogP contribution is 2.25. The molecule has 112 valence electrons. The van der Waals surface area contributed by atoms with Crippen LogP contribution in [0.3, 0.4) is 0 Å². The second-order valence-corrected chi connectivity index (χ2v) is 4.97. The van der Waals surface area contributed by atoms with Crippen molar-refractivity contribution in [3.05, 3.63) is 18.0 Å². The number of nitrogens with one attached hydrogen (secondary N) is 1. The number of hydrogen-bond donors (Lipinski definition) is 2. The number of aryl methyl sites for hydroxylation is 1. The summed E-state index contributed by atoms with van der Waals surface area (Å²) in [5, 5.41) is 16.1. The highest BCUT2D eigenvalue weighted by molar-refractivity contribution is 5.94. The summed E-state index contributed by atoms with van der Waals surface area (Å²) >= 11 is 0. The minimum absolute atomic E-state index is 0.132. The minimum Gasteiger partial charge on any atom is -0.481 e. The van der Waals surface area contributed by atoms with Crippen LogP contribution in [0.15, 0.2) is 12.4 Å². The van der Waals surface area contributed by atoms with Crippen LogP contribution >= 0.6 is 0 Å². The summed E-state index contributed by atoms with van der Waals surface area (Å²) in [6, 6.07) is 0. The Bertz CT molecular complexity index is 464. The highest BCUT2D eigenvalue weighted by Gasteiger charge is 2.35. The number of amides is 1. The van der Waals surface area contributed by atoms with E-state index in [0.29, 0.717) is 18.4 Å². The minimum atomic E-state index is -0.894. The standard InChI is InChI=1S/C14H23N3O3/c1-4-7-17-9-11(8-16-17)12(18)15-10-14(5-2,6-3)13(19)20/h8-9H,4-7,10H2,1-3H3,(H,15,18)(H,19,20). The molecule has 0 saturated carbocycles. The first-order valence-electron chi connectivity index (χ1n) is 7.03. The molecule has 1 rings (SSSR count). The fourth-order valence-electron chi connectivity index (χ4n) is 2.06. The number of hydrogen-bond acceptors (Lipinski definition) is 3. The molecule has 2 N–H and O–H groups in total. The van der Waals surface area contributed by atoms with Gasteiger partial charge in [0.1, 0.15) is 0 Å². The van der Waals surface area contributed by atoms with Crippen LogP contribution in [0.1, 0.15) is 50.4 Å². The summed E-state index contributed by atoms with van der Waals surface area (Å²) in [5.41, 5.74) is -0.431. The van der Waals surface area contributed by atoms with Gasteiger partial charge in [-0.15, -0.1) is 0 Å². The molecule has 0 aliphatic rings. The number of aliphatic carboxylic acids is 1. The van der Waals surface area contributed by atoms with Gasteiger partial charge < -0.3 is 10.4 Å². The van der Waals surface area contributed by atoms with Crippen LogP contribution in [0.2, 0.25) is 0 Å². The first-order valence-corrected chi connectivity index (χ1v) is 7.03. The predicted octanol–water partition coefficient (Wildman–Crippen LogP) is 1.91.